The minimum atomic E-state index is 0.635. The molecule has 2 aromatic rings. The fourth-order valence-corrected chi connectivity index (χ4v) is 2.15. The van der Waals surface area contributed by atoms with Crippen LogP contribution in [0.3, 0.4) is 0 Å². The molecule has 14 heavy (non-hydrogen) atoms. The van der Waals surface area contributed by atoms with E-state index in [1.165, 1.54) is 4.88 Å². The Labute approximate surface area is 85.3 Å². The molecule has 0 aliphatic carbocycles. The minimum Gasteiger partial charge on any atom is -0.379 e. The highest BCUT2D eigenvalue weighted by Crippen LogP contribution is 2.25. The third kappa shape index (κ3) is 1.66. The van der Waals surface area contributed by atoms with E-state index in [2.05, 4.69) is 15.5 Å². The summed E-state index contributed by atoms with van der Waals surface area (Å²) in [4.78, 5) is 2.23. The van der Waals surface area contributed by atoms with Crippen molar-refractivity contribution < 1.29 is 4.74 Å². The summed E-state index contributed by atoms with van der Waals surface area (Å²) in [7, 11) is 3.51. The van der Waals surface area contributed by atoms with Gasteiger partial charge < -0.3 is 4.74 Å². The van der Waals surface area contributed by atoms with Crippen LogP contribution in [0.5, 0.6) is 0 Å². The van der Waals surface area contributed by atoms with E-state index in [4.69, 9.17) is 4.74 Å². The molecular weight excluding hydrogens is 200 g/mol. The highest BCUT2D eigenvalue weighted by molar-refractivity contribution is 7.15. The lowest BCUT2D eigenvalue weighted by atomic mass is 10.4. The number of ether oxygens (including phenoxy) is 1. The predicted molar refractivity (Wildman–Crippen MR) is 52.8 cm³/mol. The number of tetrazole rings is 1. The molecule has 2 heterocycles. The van der Waals surface area contributed by atoms with E-state index in [9.17, 15) is 0 Å². The quantitative estimate of drug-likeness (QED) is 0.760. The first-order chi connectivity index (χ1) is 6.81. The van der Waals surface area contributed by atoms with Crippen molar-refractivity contribution in [1.82, 2.24) is 20.2 Å². The number of methoxy groups -OCH3 is 1. The standard InChI is InChI=1S/C8H10N4OS/c1-12-8(9-10-11-12)7-4-3-6(14-7)5-13-2/h3-4H,5H2,1-2H3. The third-order valence-corrected chi connectivity index (χ3v) is 2.84. The van der Waals surface area contributed by atoms with E-state index in [-0.39, 0.29) is 0 Å². The summed E-state index contributed by atoms with van der Waals surface area (Å²) in [5, 5.41) is 11.3. The van der Waals surface area contributed by atoms with Crippen molar-refractivity contribution in [2.45, 2.75) is 6.61 Å². The Bertz CT molecular complexity index is 422. The molecule has 0 aliphatic heterocycles. The highest BCUT2D eigenvalue weighted by atomic mass is 32.1. The van der Waals surface area contributed by atoms with Crippen molar-refractivity contribution in [3.05, 3.63) is 17.0 Å². The Morgan fingerprint density at radius 2 is 2.36 bits per heavy atom. The van der Waals surface area contributed by atoms with Crippen molar-refractivity contribution in [3.8, 4) is 10.7 Å². The van der Waals surface area contributed by atoms with Gasteiger partial charge in [0.25, 0.3) is 0 Å². The van der Waals surface area contributed by atoms with Gasteiger partial charge in [-0.25, -0.2) is 4.68 Å². The van der Waals surface area contributed by atoms with Crippen LogP contribution in [0.25, 0.3) is 10.7 Å². The van der Waals surface area contributed by atoms with Gasteiger partial charge in [0.1, 0.15) is 0 Å². The SMILES string of the molecule is COCc1ccc(-c2nnnn2C)s1. The molecule has 0 bridgehead atoms. The van der Waals surface area contributed by atoms with Crippen molar-refractivity contribution >= 4 is 11.3 Å². The van der Waals surface area contributed by atoms with Crippen molar-refractivity contribution in [2.24, 2.45) is 7.05 Å². The summed E-state index contributed by atoms with van der Waals surface area (Å²) in [5.74, 6) is 0.789. The Balaban J connectivity index is 2.29. The normalized spacial score (nSPS) is 10.7. The fourth-order valence-electron chi connectivity index (χ4n) is 1.16. The molecule has 6 heteroatoms. The number of hydrogen-bond donors (Lipinski definition) is 0. The van der Waals surface area contributed by atoms with E-state index >= 15 is 0 Å². The van der Waals surface area contributed by atoms with Gasteiger partial charge in [-0.15, -0.1) is 16.4 Å². The zero-order chi connectivity index (χ0) is 9.97. The van der Waals surface area contributed by atoms with Gasteiger partial charge >= 0.3 is 0 Å². The molecule has 0 saturated heterocycles. The molecule has 0 amide bonds. The number of nitrogens with zero attached hydrogens (tertiary/aromatic N) is 4. The first-order valence-corrected chi connectivity index (χ1v) is 4.93. The second-order valence-electron chi connectivity index (χ2n) is 2.83. The van der Waals surface area contributed by atoms with E-state index < -0.39 is 0 Å². The van der Waals surface area contributed by atoms with Gasteiger partial charge in [-0.3, -0.25) is 0 Å². The summed E-state index contributed by atoms with van der Waals surface area (Å²) in [6.07, 6.45) is 0. The lowest BCUT2D eigenvalue weighted by Gasteiger charge is -1.93. The van der Waals surface area contributed by atoms with Gasteiger partial charge in [0, 0.05) is 19.0 Å². The zero-order valence-electron chi connectivity index (χ0n) is 7.97. The molecule has 5 nitrogen and oxygen atoms in total. The topological polar surface area (TPSA) is 52.8 Å². The summed E-state index contributed by atoms with van der Waals surface area (Å²) in [6, 6.07) is 4.03. The number of thiophene rings is 1. The maximum Gasteiger partial charge on any atom is 0.191 e. The summed E-state index contributed by atoms with van der Waals surface area (Å²) in [5.41, 5.74) is 0. The summed E-state index contributed by atoms with van der Waals surface area (Å²) < 4.78 is 6.70. The number of hydrogen-bond acceptors (Lipinski definition) is 5. The van der Waals surface area contributed by atoms with Crippen LogP contribution >= 0.6 is 11.3 Å². The minimum absolute atomic E-state index is 0.635. The molecule has 0 N–H and O–H groups in total. The molecule has 74 valence electrons. The second kappa shape index (κ2) is 3.85. The van der Waals surface area contributed by atoms with Gasteiger partial charge in [0.05, 0.1) is 11.5 Å². The monoisotopic (exact) mass is 210 g/mol. The Hall–Kier alpha value is -1.27. The van der Waals surface area contributed by atoms with Crippen molar-refractivity contribution in [3.63, 3.8) is 0 Å². The van der Waals surface area contributed by atoms with Crippen LogP contribution in [-0.4, -0.2) is 27.3 Å². The lowest BCUT2D eigenvalue weighted by molar-refractivity contribution is 0.187. The molecule has 0 aliphatic rings. The Kier molecular flexibility index (Phi) is 2.55. The molecule has 0 unspecified atom stereocenters. The molecule has 0 atom stereocenters. The first-order valence-electron chi connectivity index (χ1n) is 4.11. The maximum absolute atomic E-state index is 5.04. The van der Waals surface area contributed by atoms with E-state index in [1.54, 1.807) is 23.1 Å². The molecule has 0 aromatic carbocycles. The van der Waals surface area contributed by atoms with Crippen LogP contribution in [0.1, 0.15) is 4.88 Å². The Morgan fingerprint density at radius 3 is 3.00 bits per heavy atom. The third-order valence-electron chi connectivity index (χ3n) is 1.79. The smallest absolute Gasteiger partial charge is 0.191 e. The molecule has 0 saturated carbocycles. The van der Waals surface area contributed by atoms with Gasteiger partial charge in [-0.1, -0.05) is 0 Å². The maximum atomic E-state index is 5.04. The van der Waals surface area contributed by atoms with Crippen LogP contribution < -0.4 is 0 Å². The van der Waals surface area contributed by atoms with Crippen LogP contribution in [0.15, 0.2) is 12.1 Å². The number of aromatic nitrogens is 4. The van der Waals surface area contributed by atoms with Crippen LogP contribution in [0.2, 0.25) is 0 Å². The molecule has 2 aromatic heterocycles. The van der Waals surface area contributed by atoms with Crippen molar-refractivity contribution in [1.29, 1.82) is 0 Å². The molecule has 0 spiro atoms. The highest BCUT2D eigenvalue weighted by Gasteiger charge is 2.08. The van der Waals surface area contributed by atoms with Crippen LogP contribution in [-0.2, 0) is 18.4 Å². The van der Waals surface area contributed by atoms with Gasteiger partial charge in [0.2, 0.25) is 0 Å². The molecule has 0 fully saturated rings. The van der Waals surface area contributed by atoms with Crippen LogP contribution in [0, 0.1) is 0 Å². The molecule has 0 radical (unpaired) electrons. The Morgan fingerprint density at radius 1 is 1.50 bits per heavy atom. The fraction of sp³-hybridized carbons (Fsp3) is 0.375. The zero-order valence-corrected chi connectivity index (χ0v) is 8.78. The largest absolute Gasteiger partial charge is 0.379 e. The van der Waals surface area contributed by atoms with Gasteiger partial charge in [-0.2, -0.15) is 0 Å². The summed E-state index contributed by atoms with van der Waals surface area (Å²) in [6.45, 7) is 0.635. The van der Waals surface area contributed by atoms with Crippen molar-refractivity contribution in [2.75, 3.05) is 7.11 Å². The van der Waals surface area contributed by atoms with E-state index in [1.807, 2.05) is 19.2 Å². The molecular formula is C8H10N4OS. The van der Waals surface area contributed by atoms with Gasteiger partial charge in [-0.05, 0) is 22.6 Å². The average Bonchev–Trinajstić information content (AvgIpc) is 2.74. The lowest BCUT2D eigenvalue weighted by Crippen LogP contribution is -1.92. The van der Waals surface area contributed by atoms with Crippen LogP contribution in [0.4, 0.5) is 0 Å². The number of aryl methyl sites for hydroxylation is 1. The van der Waals surface area contributed by atoms with E-state index in [0.29, 0.717) is 6.61 Å². The van der Waals surface area contributed by atoms with E-state index in [0.717, 1.165) is 10.7 Å². The second-order valence-corrected chi connectivity index (χ2v) is 3.99. The van der Waals surface area contributed by atoms with Gasteiger partial charge in [0.15, 0.2) is 5.82 Å². The first kappa shape index (κ1) is 9.29. The number of rotatable bonds is 3. The summed E-state index contributed by atoms with van der Waals surface area (Å²) >= 11 is 1.64. The molecule has 2 rings (SSSR count). The average molecular weight is 210 g/mol. The predicted octanol–water partition coefficient (Wildman–Crippen LogP) is 1.08.